The smallest absolute Gasteiger partial charge is 0.268 e. The fourth-order valence-electron chi connectivity index (χ4n) is 2.29. The van der Waals surface area contributed by atoms with Crippen molar-refractivity contribution in [1.29, 1.82) is 0 Å². The average Bonchev–Trinajstić information content (AvgIpc) is 2.45. The van der Waals surface area contributed by atoms with Crippen LogP contribution in [-0.2, 0) is 11.3 Å². The number of amides is 1. The molecule has 2 aromatic carbocycles. The number of fused-ring (bicyclic) bond motifs is 1. The van der Waals surface area contributed by atoms with Gasteiger partial charge in [0.2, 0.25) is 0 Å². The van der Waals surface area contributed by atoms with Gasteiger partial charge >= 0.3 is 0 Å². The van der Waals surface area contributed by atoms with Crippen LogP contribution in [-0.4, -0.2) is 12.0 Å². The molecule has 1 aliphatic heterocycles. The summed E-state index contributed by atoms with van der Waals surface area (Å²) in [4.78, 5) is 14.1. The fourth-order valence-corrected chi connectivity index (χ4v) is 2.29. The standard InChI is InChI=1S/C16H15NO2/c1-12-16(18)17(11-13-7-3-2-4-8-13)14-9-5-6-10-15(14)19-12/h2-10,12H,11H2,1H3/t12-/m0/s1. The molecule has 0 aliphatic carbocycles. The first-order chi connectivity index (χ1) is 9.25. The summed E-state index contributed by atoms with van der Waals surface area (Å²) in [6.45, 7) is 2.36. The van der Waals surface area contributed by atoms with Crippen molar-refractivity contribution >= 4 is 11.6 Å². The molecule has 0 bridgehead atoms. The lowest BCUT2D eigenvalue weighted by atomic mass is 10.1. The van der Waals surface area contributed by atoms with Gasteiger partial charge in [-0.15, -0.1) is 0 Å². The molecule has 2 aromatic rings. The molecule has 1 aliphatic rings. The summed E-state index contributed by atoms with van der Waals surface area (Å²) in [5, 5.41) is 0. The molecule has 3 nitrogen and oxygen atoms in total. The number of carbonyl (C=O) groups is 1. The summed E-state index contributed by atoms with van der Waals surface area (Å²) in [6.07, 6.45) is -0.432. The SMILES string of the molecule is C[C@@H]1Oc2ccccc2N(Cc2ccccc2)C1=O. The van der Waals surface area contributed by atoms with Gasteiger partial charge < -0.3 is 9.64 Å². The average molecular weight is 253 g/mol. The number of hydrogen-bond donors (Lipinski definition) is 0. The predicted molar refractivity (Wildman–Crippen MR) is 74.2 cm³/mol. The van der Waals surface area contributed by atoms with Gasteiger partial charge in [0.15, 0.2) is 6.10 Å². The number of anilines is 1. The first-order valence-corrected chi connectivity index (χ1v) is 6.37. The van der Waals surface area contributed by atoms with E-state index in [2.05, 4.69) is 0 Å². The molecule has 3 rings (SSSR count). The molecule has 0 fully saturated rings. The minimum absolute atomic E-state index is 0.00236. The van der Waals surface area contributed by atoms with Gasteiger partial charge in [-0.1, -0.05) is 42.5 Å². The molecule has 0 unspecified atom stereocenters. The second-order valence-electron chi connectivity index (χ2n) is 4.64. The summed E-state index contributed by atoms with van der Waals surface area (Å²) in [5.41, 5.74) is 1.95. The Morgan fingerprint density at radius 2 is 1.74 bits per heavy atom. The van der Waals surface area contributed by atoms with Crippen LogP contribution < -0.4 is 9.64 Å². The summed E-state index contributed by atoms with van der Waals surface area (Å²) < 4.78 is 5.62. The van der Waals surface area contributed by atoms with Gasteiger partial charge in [0, 0.05) is 0 Å². The Bertz CT molecular complexity index is 595. The molecular formula is C16H15NO2. The fraction of sp³-hybridized carbons (Fsp3) is 0.188. The molecular weight excluding hydrogens is 238 g/mol. The van der Waals surface area contributed by atoms with Crippen molar-refractivity contribution in [2.75, 3.05) is 4.90 Å². The van der Waals surface area contributed by atoms with E-state index in [0.29, 0.717) is 6.54 Å². The van der Waals surface area contributed by atoms with Crippen molar-refractivity contribution < 1.29 is 9.53 Å². The zero-order valence-corrected chi connectivity index (χ0v) is 10.7. The van der Waals surface area contributed by atoms with Crippen molar-refractivity contribution in [3.8, 4) is 5.75 Å². The molecule has 0 saturated carbocycles. The number of para-hydroxylation sites is 2. The van der Waals surface area contributed by atoms with Gasteiger partial charge in [0.25, 0.3) is 5.91 Å². The Kier molecular flexibility index (Phi) is 2.95. The molecule has 3 heteroatoms. The van der Waals surface area contributed by atoms with Gasteiger partial charge in [0.05, 0.1) is 12.2 Å². The zero-order chi connectivity index (χ0) is 13.2. The lowest BCUT2D eigenvalue weighted by Crippen LogP contribution is -2.43. The molecule has 0 N–H and O–H groups in total. The maximum Gasteiger partial charge on any atom is 0.268 e. The van der Waals surface area contributed by atoms with Crippen molar-refractivity contribution in [2.45, 2.75) is 19.6 Å². The minimum Gasteiger partial charge on any atom is -0.479 e. The number of carbonyl (C=O) groups excluding carboxylic acids is 1. The largest absolute Gasteiger partial charge is 0.479 e. The van der Waals surface area contributed by atoms with Crippen LogP contribution in [0.2, 0.25) is 0 Å². The highest BCUT2D eigenvalue weighted by molar-refractivity contribution is 5.99. The lowest BCUT2D eigenvalue weighted by molar-refractivity contribution is -0.125. The molecule has 1 atom stereocenters. The van der Waals surface area contributed by atoms with Crippen molar-refractivity contribution in [3.05, 3.63) is 60.2 Å². The number of ether oxygens (including phenoxy) is 1. The van der Waals surface area contributed by atoms with Gasteiger partial charge in [-0.3, -0.25) is 4.79 Å². The number of benzene rings is 2. The summed E-state index contributed by atoms with van der Waals surface area (Å²) in [7, 11) is 0. The van der Waals surface area contributed by atoms with Gasteiger partial charge in [-0.25, -0.2) is 0 Å². The Morgan fingerprint density at radius 1 is 1.05 bits per heavy atom. The monoisotopic (exact) mass is 253 g/mol. The van der Waals surface area contributed by atoms with Crippen LogP contribution in [0.4, 0.5) is 5.69 Å². The highest BCUT2D eigenvalue weighted by Gasteiger charge is 2.30. The normalized spacial score (nSPS) is 17.8. The van der Waals surface area contributed by atoms with Gasteiger partial charge in [-0.05, 0) is 24.6 Å². The second kappa shape index (κ2) is 4.76. The van der Waals surface area contributed by atoms with Crippen molar-refractivity contribution in [3.63, 3.8) is 0 Å². The molecule has 0 radical (unpaired) electrons. The molecule has 0 saturated heterocycles. The van der Waals surface area contributed by atoms with E-state index in [0.717, 1.165) is 17.0 Å². The number of hydrogen-bond acceptors (Lipinski definition) is 2. The van der Waals surface area contributed by atoms with Crippen LogP contribution in [0, 0.1) is 0 Å². The highest BCUT2D eigenvalue weighted by Crippen LogP contribution is 2.34. The van der Waals surface area contributed by atoms with Crippen molar-refractivity contribution in [1.82, 2.24) is 0 Å². The minimum atomic E-state index is -0.432. The van der Waals surface area contributed by atoms with Crippen LogP contribution in [0.25, 0.3) is 0 Å². The Hall–Kier alpha value is -2.29. The van der Waals surface area contributed by atoms with Crippen LogP contribution in [0.15, 0.2) is 54.6 Å². The molecule has 1 heterocycles. The van der Waals surface area contributed by atoms with Crippen LogP contribution in [0.5, 0.6) is 5.75 Å². The predicted octanol–water partition coefficient (Wildman–Crippen LogP) is 3.00. The van der Waals surface area contributed by atoms with E-state index in [1.54, 1.807) is 11.8 Å². The third-order valence-electron chi connectivity index (χ3n) is 3.26. The Balaban J connectivity index is 1.97. The third kappa shape index (κ3) is 2.19. The van der Waals surface area contributed by atoms with E-state index in [1.165, 1.54) is 0 Å². The van der Waals surface area contributed by atoms with E-state index in [4.69, 9.17) is 4.74 Å². The quantitative estimate of drug-likeness (QED) is 0.823. The van der Waals surface area contributed by atoms with Gasteiger partial charge in [-0.2, -0.15) is 0 Å². The van der Waals surface area contributed by atoms with E-state index in [1.807, 2.05) is 54.6 Å². The van der Waals surface area contributed by atoms with Crippen LogP contribution >= 0.6 is 0 Å². The first kappa shape index (κ1) is 11.8. The summed E-state index contributed by atoms with van der Waals surface area (Å²) in [6, 6.07) is 17.6. The van der Waals surface area contributed by atoms with E-state index in [9.17, 15) is 4.79 Å². The molecule has 0 aromatic heterocycles. The van der Waals surface area contributed by atoms with Crippen LogP contribution in [0.3, 0.4) is 0 Å². The lowest BCUT2D eigenvalue weighted by Gasteiger charge is -2.33. The topological polar surface area (TPSA) is 29.5 Å². The van der Waals surface area contributed by atoms with E-state index in [-0.39, 0.29) is 5.91 Å². The maximum atomic E-state index is 12.3. The number of rotatable bonds is 2. The summed E-state index contributed by atoms with van der Waals surface area (Å²) in [5.74, 6) is 0.771. The molecule has 96 valence electrons. The third-order valence-corrected chi connectivity index (χ3v) is 3.26. The Morgan fingerprint density at radius 3 is 2.53 bits per heavy atom. The van der Waals surface area contributed by atoms with E-state index < -0.39 is 6.10 Å². The first-order valence-electron chi connectivity index (χ1n) is 6.37. The van der Waals surface area contributed by atoms with Crippen molar-refractivity contribution in [2.24, 2.45) is 0 Å². The molecule has 19 heavy (non-hydrogen) atoms. The maximum absolute atomic E-state index is 12.3. The Labute approximate surface area is 112 Å². The highest BCUT2D eigenvalue weighted by atomic mass is 16.5. The molecule has 0 spiro atoms. The second-order valence-corrected chi connectivity index (χ2v) is 4.64. The van der Waals surface area contributed by atoms with E-state index >= 15 is 0 Å². The van der Waals surface area contributed by atoms with Crippen LogP contribution in [0.1, 0.15) is 12.5 Å². The molecule has 1 amide bonds. The zero-order valence-electron chi connectivity index (χ0n) is 10.7. The number of nitrogens with zero attached hydrogens (tertiary/aromatic N) is 1. The van der Waals surface area contributed by atoms with Gasteiger partial charge in [0.1, 0.15) is 5.75 Å². The summed E-state index contributed by atoms with van der Waals surface area (Å²) >= 11 is 0.